The van der Waals surface area contributed by atoms with Crippen molar-refractivity contribution in [2.75, 3.05) is 33.1 Å². The first kappa shape index (κ1) is 22.8. The number of nitrogens with one attached hydrogen (secondary N) is 2. The van der Waals surface area contributed by atoms with Crippen molar-refractivity contribution in [2.24, 2.45) is 0 Å². The maximum Gasteiger partial charge on any atom is 0.319 e. The number of ether oxygens (including phenoxy) is 2. The van der Waals surface area contributed by atoms with Gasteiger partial charge in [-0.1, -0.05) is 12.1 Å². The first-order valence-corrected chi connectivity index (χ1v) is 11.1. The fourth-order valence-corrected chi connectivity index (χ4v) is 5.44. The number of hydrogen-bond acceptors (Lipinski definition) is 6. The lowest BCUT2D eigenvalue weighted by atomic mass is 9.65. The molecule has 1 aliphatic heterocycles. The second-order valence-corrected chi connectivity index (χ2v) is 8.85. The van der Waals surface area contributed by atoms with Crippen molar-refractivity contribution in [3.63, 3.8) is 0 Å². The molecule has 2 aliphatic rings. The number of amides is 2. The fraction of sp³-hybridized carbons (Fsp3) is 0.458. The molecule has 1 saturated carbocycles. The van der Waals surface area contributed by atoms with Gasteiger partial charge in [0, 0.05) is 35.3 Å². The molecule has 1 aliphatic carbocycles. The zero-order chi connectivity index (χ0) is 23.6. The maximum absolute atomic E-state index is 12.6. The Balaban J connectivity index is 1.47. The van der Waals surface area contributed by atoms with E-state index in [1.165, 1.54) is 17.7 Å². The normalized spacial score (nSPS) is 24.6. The van der Waals surface area contributed by atoms with Crippen molar-refractivity contribution in [2.45, 2.75) is 43.2 Å². The Morgan fingerprint density at radius 2 is 1.94 bits per heavy atom. The third-order valence-electron chi connectivity index (χ3n) is 7.14. The van der Waals surface area contributed by atoms with Gasteiger partial charge in [0.05, 0.1) is 19.1 Å². The zero-order valence-electron chi connectivity index (χ0n) is 19.2. The van der Waals surface area contributed by atoms with Crippen LogP contribution in [-0.4, -0.2) is 55.8 Å². The average Bonchev–Trinajstić information content (AvgIpc) is 3.15. The van der Waals surface area contributed by atoms with Crippen LogP contribution in [0.15, 0.2) is 42.5 Å². The molecule has 1 saturated heterocycles. The summed E-state index contributed by atoms with van der Waals surface area (Å²) in [7, 11) is 5.43. The molecule has 4 rings (SSSR count). The lowest BCUT2D eigenvalue weighted by molar-refractivity contribution is -0.384. The molecule has 2 amide bonds. The number of non-ortho nitro benzene ring substituents is 1. The highest BCUT2D eigenvalue weighted by molar-refractivity contribution is 5.89. The Labute approximate surface area is 193 Å². The van der Waals surface area contributed by atoms with E-state index in [-0.39, 0.29) is 29.2 Å². The first-order valence-electron chi connectivity index (χ1n) is 11.1. The van der Waals surface area contributed by atoms with Gasteiger partial charge in [0.25, 0.3) is 5.69 Å². The van der Waals surface area contributed by atoms with Crippen LogP contribution < -0.4 is 20.1 Å². The molecule has 9 heteroatoms. The van der Waals surface area contributed by atoms with E-state index in [0.717, 1.165) is 38.0 Å². The zero-order valence-corrected chi connectivity index (χ0v) is 19.2. The van der Waals surface area contributed by atoms with Gasteiger partial charge < -0.3 is 25.0 Å². The van der Waals surface area contributed by atoms with Crippen LogP contribution in [0.4, 0.5) is 16.2 Å². The van der Waals surface area contributed by atoms with E-state index < -0.39 is 4.92 Å². The van der Waals surface area contributed by atoms with Crippen LogP contribution in [0.3, 0.4) is 0 Å². The van der Waals surface area contributed by atoms with Gasteiger partial charge in [-0.05, 0) is 63.0 Å². The number of hydrogen-bond donors (Lipinski definition) is 2. The summed E-state index contributed by atoms with van der Waals surface area (Å²) in [6.07, 6.45) is 3.67. The third-order valence-corrected chi connectivity index (χ3v) is 7.14. The molecule has 2 N–H and O–H groups in total. The topological polar surface area (TPSA) is 106 Å². The number of carbonyl (C=O) groups excluding carboxylic acids is 1. The van der Waals surface area contributed by atoms with E-state index in [9.17, 15) is 14.9 Å². The van der Waals surface area contributed by atoms with E-state index in [1.54, 1.807) is 26.4 Å². The predicted octanol–water partition coefficient (Wildman–Crippen LogP) is 3.93. The summed E-state index contributed by atoms with van der Waals surface area (Å²) in [4.78, 5) is 25.5. The fourth-order valence-electron chi connectivity index (χ4n) is 5.44. The molecule has 2 aromatic carbocycles. The molecule has 0 radical (unpaired) electrons. The lowest BCUT2D eigenvalue weighted by Gasteiger charge is -2.45. The second kappa shape index (κ2) is 9.27. The summed E-state index contributed by atoms with van der Waals surface area (Å²) < 4.78 is 11.0. The van der Waals surface area contributed by atoms with Gasteiger partial charge in [0.1, 0.15) is 0 Å². The molecule has 9 nitrogen and oxygen atoms in total. The van der Waals surface area contributed by atoms with E-state index in [4.69, 9.17) is 9.47 Å². The van der Waals surface area contributed by atoms with Crippen molar-refractivity contribution < 1.29 is 19.2 Å². The van der Waals surface area contributed by atoms with Crippen molar-refractivity contribution in [3.05, 3.63) is 58.1 Å². The molecule has 2 aromatic rings. The van der Waals surface area contributed by atoms with Gasteiger partial charge in [-0.15, -0.1) is 0 Å². The van der Waals surface area contributed by atoms with Crippen LogP contribution in [0.1, 0.15) is 31.2 Å². The van der Waals surface area contributed by atoms with Gasteiger partial charge in [0.2, 0.25) is 0 Å². The van der Waals surface area contributed by atoms with Crippen LogP contribution in [0.2, 0.25) is 0 Å². The van der Waals surface area contributed by atoms with Crippen LogP contribution >= 0.6 is 0 Å². The number of nitro benzene ring substituents is 1. The number of benzene rings is 2. The largest absolute Gasteiger partial charge is 0.493 e. The monoisotopic (exact) mass is 454 g/mol. The number of fused-ring (bicyclic) bond motifs is 1. The Kier molecular flexibility index (Phi) is 6.42. The van der Waals surface area contributed by atoms with E-state index in [1.807, 2.05) is 6.07 Å². The molecule has 3 atom stereocenters. The molecule has 33 heavy (non-hydrogen) atoms. The van der Waals surface area contributed by atoms with E-state index >= 15 is 0 Å². The van der Waals surface area contributed by atoms with Crippen LogP contribution in [0, 0.1) is 10.1 Å². The minimum Gasteiger partial charge on any atom is -0.493 e. The minimum atomic E-state index is -0.478. The number of carbonyl (C=O) groups is 1. The van der Waals surface area contributed by atoms with Crippen LogP contribution in [0.5, 0.6) is 11.5 Å². The molecule has 1 heterocycles. The summed E-state index contributed by atoms with van der Waals surface area (Å²) in [5, 5.41) is 16.8. The SMILES string of the molecule is COc1ccc([C@@]23CC[C@@H](NC(=O)Nc4cccc([N+](=O)[O-])c4)C[C@@H]2N(C)CC3)cc1OC. The Hall–Kier alpha value is -3.33. The summed E-state index contributed by atoms with van der Waals surface area (Å²) in [5.74, 6) is 1.45. The van der Waals surface area contributed by atoms with Gasteiger partial charge in [-0.3, -0.25) is 10.1 Å². The van der Waals surface area contributed by atoms with E-state index in [0.29, 0.717) is 11.4 Å². The number of rotatable bonds is 6. The highest BCUT2D eigenvalue weighted by Gasteiger charge is 2.50. The molecule has 0 aromatic heterocycles. The molecule has 2 fully saturated rings. The van der Waals surface area contributed by atoms with Gasteiger partial charge in [-0.25, -0.2) is 4.79 Å². The molecular formula is C24H30N4O5. The minimum absolute atomic E-state index is 0.00298. The summed E-state index contributed by atoms with van der Waals surface area (Å²) in [5.41, 5.74) is 1.59. The number of likely N-dealkylation sites (N-methyl/N-ethyl adjacent to an activating group) is 1. The van der Waals surface area contributed by atoms with Gasteiger partial charge in [0.15, 0.2) is 11.5 Å². The van der Waals surface area contributed by atoms with Crippen molar-refractivity contribution >= 4 is 17.4 Å². The average molecular weight is 455 g/mol. The first-order chi connectivity index (χ1) is 15.9. The summed E-state index contributed by atoms with van der Waals surface area (Å²) in [6, 6.07) is 12.1. The Morgan fingerprint density at radius 1 is 1.15 bits per heavy atom. The molecule has 0 unspecified atom stereocenters. The summed E-state index contributed by atoms with van der Waals surface area (Å²) in [6.45, 7) is 0.992. The molecule has 0 spiro atoms. The Morgan fingerprint density at radius 3 is 2.67 bits per heavy atom. The molecule has 0 bridgehead atoms. The molecular weight excluding hydrogens is 424 g/mol. The Bertz CT molecular complexity index is 1050. The molecule has 176 valence electrons. The van der Waals surface area contributed by atoms with Crippen molar-refractivity contribution in [1.29, 1.82) is 0 Å². The second-order valence-electron chi connectivity index (χ2n) is 8.85. The maximum atomic E-state index is 12.6. The smallest absolute Gasteiger partial charge is 0.319 e. The number of nitrogens with zero attached hydrogens (tertiary/aromatic N) is 2. The van der Waals surface area contributed by atoms with Gasteiger partial charge in [-0.2, -0.15) is 0 Å². The van der Waals surface area contributed by atoms with Crippen molar-refractivity contribution in [1.82, 2.24) is 10.2 Å². The van der Waals surface area contributed by atoms with E-state index in [2.05, 4.69) is 34.7 Å². The quantitative estimate of drug-likeness (QED) is 0.506. The standard InChI is InChI=1S/C24H30N4O5/c1-27-12-11-24(16-7-8-20(32-2)21(13-16)33-3)10-9-18(15-22(24)27)26-23(29)25-17-5-4-6-19(14-17)28(30)31/h4-8,13-14,18,22H,9-12,15H2,1-3H3,(H2,25,26,29)/t18-,22+,24+/m1/s1. The number of methoxy groups -OCH3 is 2. The van der Waals surface area contributed by atoms with Crippen LogP contribution in [-0.2, 0) is 5.41 Å². The summed E-state index contributed by atoms with van der Waals surface area (Å²) >= 11 is 0. The number of anilines is 1. The number of urea groups is 1. The number of nitro groups is 1. The highest BCUT2D eigenvalue weighted by Crippen LogP contribution is 2.49. The van der Waals surface area contributed by atoms with Crippen molar-refractivity contribution in [3.8, 4) is 11.5 Å². The van der Waals surface area contributed by atoms with Gasteiger partial charge >= 0.3 is 6.03 Å². The highest BCUT2D eigenvalue weighted by atomic mass is 16.6. The third kappa shape index (κ3) is 4.45. The lowest BCUT2D eigenvalue weighted by Crippen LogP contribution is -2.52. The predicted molar refractivity (Wildman–Crippen MR) is 125 cm³/mol. The number of likely N-dealkylation sites (tertiary alicyclic amines) is 1. The van der Waals surface area contributed by atoms with Crippen LogP contribution in [0.25, 0.3) is 0 Å².